The average molecular weight is 267 g/mol. The second-order valence-electron chi connectivity index (χ2n) is 6.66. The number of nitrogens with zero attached hydrogens (tertiary/aromatic N) is 1. The van der Waals surface area contributed by atoms with E-state index in [2.05, 4.69) is 17.1 Å². The van der Waals surface area contributed by atoms with Gasteiger partial charge in [-0.2, -0.15) is 0 Å². The molecule has 1 unspecified atom stereocenters. The Bertz CT molecular complexity index is 296. The van der Waals surface area contributed by atoms with E-state index in [1.807, 2.05) is 0 Å². The number of rotatable bonds is 6. The number of hydrogen-bond acceptors (Lipinski definition) is 3. The fourth-order valence-electron chi connectivity index (χ4n) is 3.13. The Morgan fingerprint density at radius 2 is 1.95 bits per heavy atom. The molecule has 110 valence electrons. The molecule has 1 saturated heterocycles. The molecule has 2 rings (SSSR count). The van der Waals surface area contributed by atoms with E-state index in [4.69, 9.17) is 5.73 Å². The summed E-state index contributed by atoms with van der Waals surface area (Å²) in [5.41, 5.74) is 5.90. The van der Waals surface area contributed by atoms with Gasteiger partial charge in [0.1, 0.15) is 0 Å². The zero-order chi connectivity index (χ0) is 13.7. The van der Waals surface area contributed by atoms with Gasteiger partial charge in [-0.3, -0.25) is 4.79 Å². The van der Waals surface area contributed by atoms with Crippen LogP contribution >= 0.6 is 0 Å². The molecule has 4 nitrogen and oxygen atoms in total. The summed E-state index contributed by atoms with van der Waals surface area (Å²) in [6.45, 7) is 6.56. The maximum absolute atomic E-state index is 11.8. The molecule has 1 aliphatic heterocycles. The van der Waals surface area contributed by atoms with Gasteiger partial charge in [0.25, 0.3) is 0 Å². The van der Waals surface area contributed by atoms with Gasteiger partial charge in [0.05, 0.1) is 0 Å². The molecule has 1 saturated carbocycles. The Hall–Kier alpha value is -0.610. The normalized spacial score (nSPS) is 24.5. The number of hydrogen-bond donors (Lipinski definition) is 2. The van der Waals surface area contributed by atoms with E-state index >= 15 is 0 Å². The van der Waals surface area contributed by atoms with Crippen molar-refractivity contribution in [3.63, 3.8) is 0 Å². The molecule has 0 spiro atoms. The minimum atomic E-state index is -0.194. The van der Waals surface area contributed by atoms with Gasteiger partial charge in [-0.15, -0.1) is 0 Å². The number of carbonyl (C=O) groups is 1. The summed E-state index contributed by atoms with van der Waals surface area (Å²) in [4.78, 5) is 14.4. The van der Waals surface area contributed by atoms with Gasteiger partial charge in [0.2, 0.25) is 5.91 Å². The summed E-state index contributed by atoms with van der Waals surface area (Å²) >= 11 is 0. The standard InChI is InChI=1S/C15H29N3O/c1-13(12-18-8-3-2-4-9-18)11-17-14(19)10-15(16)6-5-7-15/h13H,2-12,16H2,1H3,(H,17,19). The lowest BCUT2D eigenvalue weighted by Crippen LogP contribution is -2.50. The van der Waals surface area contributed by atoms with Crippen molar-refractivity contribution in [2.75, 3.05) is 26.2 Å². The number of likely N-dealkylation sites (tertiary alicyclic amines) is 1. The van der Waals surface area contributed by atoms with Gasteiger partial charge in [-0.05, 0) is 51.1 Å². The van der Waals surface area contributed by atoms with Crippen LogP contribution in [0.3, 0.4) is 0 Å². The lowest BCUT2D eigenvalue weighted by molar-refractivity contribution is -0.123. The van der Waals surface area contributed by atoms with E-state index in [-0.39, 0.29) is 11.4 Å². The third kappa shape index (κ3) is 4.77. The SMILES string of the molecule is CC(CNC(=O)CC1(N)CCC1)CN1CCCCC1. The Labute approximate surface area is 117 Å². The monoisotopic (exact) mass is 267 g/mol. The molecule has 1 aliphatic carbocycles. The molecule has 0 radical (unpaired) electrons. The summed E-state index contributed by atoms with van der Waals surface area (Å²) in [5.74, 6) is 0.657. The second kappa shape index (κ2) is 6.71. The molecule has 1 amide bonds. The van der Waals surface area contributed by atoms with Crippen molar-refractivity contribution in [3.8, 4) is 0 Å². The third-order valence-electron chi connectivity index (χ3n) is 4.53. The second-order valence-corrected chi connectivity index (χ2v) is 6.66. The van der Waals surface area contributed by atoms with Crippen molar-refractivity contribution in [2.24, 2.45) is 11.7 Å². The topological polar surface area (TPSA) is 58.4 Å². The number of nitrogens with one attached hydrogen (secondary N) is 1. The summed E-state index contributed by atoms with van der Waals surface area (Å²) in [6.07, 6.45) is 7.72. The van der Waals surface area contributed by atoms with E-state index in [9.17, 15) is 4.79 Å². The Morgan fingerprint density at radius 3 is 2.53 bits per heavy atom. The molecule has 19 heavy (non-hydrogen) atoms. The van der Waals surface area contributed by atoms with Gasteiger partial charge in [0, 0.05) is 25.0 Å². The number of nitrogens with two attached hydrogens (primary N) is 1. The van der Waals surface area contributed by atoms with Crippen LogP contribution in [0.25, 0.3) is 0 Å². The first-order valence-corrected chi connectivity index (χ1v) is 7.85. The van der Waals surface area contributed by atoms with Crippen molar-refractivity contribution in [3.05, 3.63) is 0 Å². The fraction of sp³-hybridized carbons (Fsp3) is 0.933. The third-order valence-corrected chi connectivity index (χ3v) is 4.53. The molecular formula is C15H29N3O. The number of carbonyl (C=O) groups excluding carboxylic acids is 1. The van der Waals surface area contributed by atoms with Crippen LogP contribution in [0.5, 0.6) is 0 Å². The van der Waals surface area contributed by atoms with Crippen molar-refractivity contribution >= 4 is 5.91 Å². The van der Waals surface area contributed by atoms with Crippen LogP contribution in [0.15, 0.2) is 0 Å². The van der Waals surface area contributed by atoms with Gasteiger partial charge in [0.15, 0.2) is 0 Å². The number of amides is 1. The Morgan fingerprint density at radius 1 is 1.26 bits per heavy atom. The van der Waals surface area contributed by atoms with E-state index in [1.54, 1.807) is 0 Å². The highest BCUT2D eigenvalue weighted by Crippen LogP contribution is 2.31. The molecule has 0 aromatic heterocycles. The lowest BCUT2D eigenvalue weighted by Gasteiger charge is -2.37. The van der Waals surface area contributed by atoms with Crippen LogP contribution in [-0.4, -0.2) is 42.5 Å². The minimum absolute atomic E-state index is 0.132. The quantitative estimate of drug-likeness (QED) is 0.766. The van der Waals surface area contributed by atoms with Crippen molar-refractivity contribution in [1.29, 1.82) is 0 Å². The maximum atomic E-state index is 11.8. The van der Waals surface area contributed by atoms with E-state index in [0.29, 0.717) is 12.3 Å². The zero-order valence-corrected chi connectivity index (χ0v) is 12.3. The molecule has 4 heteroatoms. The van der Waals surface area contributed by atoms with E-state index < -0.39 is 0 Å². The summed E-state index contributed by atoms with van der Waals surface area (Å²) in [6, 6.07) is 0. The van der Waals surface area contributed by atoms with Crippen LogP contribution in [0.2, 0.25) is 0 Å². The molecule has 0 bridgehead atoms. The largest absolute Gasteiger partial charge is 0.356 e. The van der Waals surface area contributed by atoms with Crippen LogP contribution < -0.4 is 11.1 Å². The molecule has 0 aromatic rings. The van der Waals surface area contributed by atoms with Crippen molar-refractivity contribution in [2.45, 2.75) is 57.4 Å². The molecule has 2 fully saturated rings. The Kier molecular flexibility index (Phi) is 5.22. The number of piperidine rings is 1. The van der Waals surface area contributed by atoms with Gasteiger partial charge >= 0.3 is 0 Å². The smallest absolute Gasteiger partial charge is 0.221 e. The van der Waals surface area contributed by atoms with Crippen molar-refractivity contribution in [1.82, 2.24) is 10.2 Å². The average Bonchev–Trinajstić information content (AvgIpc) is 2.36. The highest BCUT2D eigenvalue weighted by atomic mass is 16.1. The van der Waals surface area contributed by atoms with Gasteiger partial charge < -0.3 is 16.0 Å². The van der Waals surface area contributed by atoms with Crippen molar-refractivity contribution < 1.29 is 4.79 Å². The fourth-order valence-corrected chi connectivity index (χ4v) is 3.13. The molecular weight excluding hydrogens is 238 g/mol. The molecule has 3 N–H and O–H groups in total. The van der Waals surface area contributed by atoms with E-state index in [0.717, 1.165) is 25.9 Å². The van der Waals surface area contributed by atoms with Crippen LogP contribution in [-0.2, 0) is 4.79 Å². The lowest BCUT2D eigenvalue weighted by atomic mass is 9.75. The van der Waals surface area contributed by atoms with Crippen LogP contribution in [0.4, 0.5) is 0 Å². The zero-order valence-electron chi connectivity index (χ0n) is 12.3. The van der Waals surface area contributed by atoms with Crippen LogP contribution in [0, 0.1) is 5.92 Å². The minimum Gasteiger partial charge on any atom is -0.356 e. The highest BCUT2D eigenvalue weighted by molar-refractivity contribution is 5.77. The summed E-state index contributed by atoms with van der Waals surface area (Å²) < 4.78 is 0. The highest BCUT2D eigenvalue weighted by Gasteiger charge is 2.34. The Balaban J connectivity index is 1.59. The first-order chi connectivity index (χ1) is 9.07. The first kappa shape index (κ1) is 14.8. The van der Waals surface area contributed by atoms with Crippen LogP contribution in [0.1, 0.15) is 51.9 Å². The predicted molar refractivity (Wildman–Crippen MR) is 77.9 cm³/mol. The van der Waals surface area contributed by atoms with E-state index in [1.165, 1.54) is 38.8 Å². The molecule has 1 heterocycles. The summed E-state index contributed by atoms with van der Waals surface area (Å²) in [7, 11) is 0. The maximum Gasteiger partial charge on any atom is 0.221 e. The summed E-state index contributed by atoms with van der Waals surface area (Å²) in [5, 5.41) is 3.05. The molecule has 0 aromatic carbocycles. The predicted octanol–water partition coefficient (Wildman–Crippen LogP) is 1.50. The van der Waals surface area contributed by atoms with Gasteiger partial charge in [-0.25, -0.2) is 0 Å². The molecule has 2 aliphatic rings. The first-order valence-electron chi connectivity index (χ1n) is 7.85. The molecule has 1 atom stereocenters. The van der Waals surface area contributed by atoms with Gasteiger partial charge in [-0.1, -0.05) is 13.3 Å².